The molecule has 2 aliphatic rings. The number of methoxy groups -OCH3 is 1. The van der Waals surface area contributed by atoms with E-state index in [1.54, 1.807) is 7.11 Å². The predicted octanol–water partition coefficient (Wildman–Crippen LogP) is 4.82. The highest BCUT2D eigenvalue weighted by Gasteiger charge is 2.53. The largest absolute Gasteiger partial charge is 0.497 e. The number of hydrogen-bond donors (Lipinski definition) is 1. The number of fused-ring (bicyclic) bond motifs is 2. The maximum Gasteiger partial charge on any atom is 0.231 e. The molecule has 4 atom stereocenters. The van der Waals surface area contributed by atoms with Crippen molar-refractivity contribution in [3.8, 4) is 17.1 Å². The lowest BCUT2D eigenvalue weighted by Crippen LogP contribution is -2.32. The molecule has 1 N–H and O–H groups in total. The van der Waals surface area contributed by atoms with Crippen molar-refractivity contribution in [1.82, 2.24) is 10.1 Å². The number of rotatable bonds is 5. The molecule has 154 valence electrons. The normalized spacial score (nSPS) is 24.7. The van der Waals surface area contributed by atoms with E-state index < -0.39 is 0 Å². The molecule has 5 rings (SSSR count). The number of nitrogens with one attached hydrogen (secondary N) is 1. The van der Waals surface area contributed by atoms with Crippen LogP contribution in [-0.4, -0.2) is 23.2 Å². The maximum atomic E-state index is 13.3. The Hall–Kier alpha value is -3.15. The van der Waals surface area contributed by atoms with Gasteiger partial charge in [-0.25, -0.2) is 0 Å². The lowest BCUT2D eigenvalue weighted by Gasteiger charge is -2.27. The van der Waals surface area contributed by atoms with Gasteiger partial charge < -0.3 is 14.6 Å². The quantitative estimate of drug-likeness (QED) is 0.661. The molecule has 0 spiro atoms. The fraction of sp³-hybridized carbons (Fsp3) is 0.375. The van der Waals surface area contributed by atoms with Crippen molar-refractivity contribution in [2.75, 3.05) is 12.4 Å². The Labute approximate surface area is 175 Å². The smallest absolute Gasteiger partial charge is 0.231 e. The van der Waals surface area contributed by atoms with Crippen LogP contribution in [0.4, 0.5) is 5.69 Å². The molecule has 0 unspecified atom stereocenters. The van der Waals surface area contributed by atoms with Crippen LogP contribution in [0.25, 0.3) is 11.4 Å². The zero-order chi connectivity index (χ0) is 20.7. The number of aromatic nitrogens is 2. The van der Waals surface area contributed by atoms with Gasteiger partial charge in [-0.2, -0.15) is 4.98 Å². The van der Waals surface area contributed by atoms with E-state index in [0.29, 0.717) is 23.6 Å². The fourth-order valence-corrected chi connectivity index (χ4v) is 5.22. The van der Waals surface area contributed by atoms with E-state index in [0.717, 1.165) is 41.8 Å². The third-order valence-corrected chi connectivity index (χ3v) is 6.56. The average Bonchev–Trinajstić information content (AvgIpc) is 3.49. The third-order valence-electron chi connectivity index (χ3n) is 6.56. The second-order valence-corrected chi connectivity index (χ2v) is 8.43. The second-order valence-electron chi connectivity index (χ2n) is 8.43. The minimum atomic E-state index is -0.152. The Kier molecular flexibility index (Phi) is 4.77. The van der Waals surface area contributed by atoms with Crippen molar-refractivity contribution in [3.63, 3.8) is 0 Å². The molecule has 2 saturated carbocycles. The van der Waals surface area contributed by atoms with E-state index in [1.807, 2.05) is 55.5 Å². The van der Waals surface area contributed by atoms with E-state index >= 15 is 0 Å². The van der Waals surface area contributed by atoms with E-state index in [2.05, 4.69) is 10.5 Å². The Morgan fingerprint density at radius 2 is 1.97 bits per heavy atom. The van der Waals surface area contributed by atoms with Crippen LogP contribution in [0.1, 0.15) is 36.6 Å². The van der Waals surface area contributed by atoms with E-state index in [4.69, 9.17) is 14.2 Å². The van der Waals surface area contributed by atoms with E-state index in [9.17, 15) is 4.79 Å². The molecule has 2 fully saturated rings. The highest BCUT2D eigenvalue weighted by Crippen LogP contribution is 2.56. The summed E-state index contributed by atoms with van der Waals surface area (Å²) < 4.78 is 11.0. The summed E-state index contributed by atoms with van der Waals surface area (Å²) in [5, 5.41) is 7.30. The standard InChI is InChI=1S/C24H25N3O3/c1-14-5-3-6-17(11-14)22-26-24(30-27-22)21-16-10-9-15(12-16)20(21)23(28)25-18-7-4-8-19(13-18)29-2/h3-8,11,13,15-16,20-21H,9-10,12H2,1-2H3,(H,25,28)/t15-,16+,20-,21-/m0/s1. The summed E-state index contributed by atoms with van der Waals surface area (Å²) in [7, 11) is 1.62. The molecule has 3 aromatic rings. The summed E-state index contributed by atoms with van der Waals surface area (Å²) in [4.78, 5) is 18.0. The molecular formula is C24H25N3O3. The third kappa shape index (κ3) is 3.36. The second kappa shape index (κ2) is 7.59. The number of nitrogens with zero attached hydrogens (tertiary/aromatic N) is 2. The minimum Gasteiger partial charge on any atom is -0.497 e. The summed E-state index contributed by atoms with van der Waals surface area (Å²) in [6.45, 7) is 2.04. The first-order valence-electron chi connectivity index (χ1n) is 10.5. The summed E-state index contributed by atoms with van der Waals surface area (Å²) in [5.74, 6) is 2.52. The Morgan fingerprint density at radius 3 is 2.80 bits per heavy atom. The molecule has 2 bridgehead atoms. The molecule has 30 heavy (non-hydrogen) atoms. The molecule has 2 aliphatic carbocycles. The van der Waals surface area contributed by atoms with Crippen molar-refractivity contribution >= 4 is 11.6 Å². The van der Waals surface area contributed by atoms with Gasteiger partial charge in [-0.1, -0.05) is 35.0 Å². The molecule has 1 aromatic heterocycles. The summed E-state index contributed by atoms with van der Waals surface area (Å²) in [5.41, 5.74) is 2.83. The first-order chi connectivity index (χ1) is 14.6. The van der Waals surface area contributed by atoms with Gasteiger partial charge in [0.1, 0.15) is 5.75 Å². The average molecular weight is 403 g/mol. The van der Waals surface area contributed by atoms with Crippen molar-refractivity contribution < 1.29 is 14.1 Å². The predicted molar refractivity (Wildman–Crippen MR) is 113 cm³/mol. The van der Waals surface area contributed by atoms with Crippen LogP contribution < -0.4 is 10.1 Å². The van der Waals surface area contributed by atoms with Crippen LogP contribution in [0.5, 0.6) is 5.75 Å². The lowest BCUT2D eigenvalue weighted by atomic mass is 9.78. The van der Waals surface area contributed by atoms with Crippen LogP contribution in [0, 0.1) is 24.7 Å². The van der Waals surface area contributed by atoms with Crippen molar-refractivity contribution in [2.24, 2.45) is 17.8 Å². The van der Waals surface area contributed by atoms with Crippen molar-refractivity contribution in [1.29, 1.82) is 0 Å². The number of carbonyl (C=O) groups excluding carboxylic acids is 1. The summed E-state index contributed by atoms with van der Waals surface area (Å²) in [6, 6.07) is 15.5. The van der Waals surface area contributed by atoms with Gasteiger partial charge in [0.15, 0.2) is 0 Å². The number of ether oxygens (including phenoxy) is 1. The van der Waals surface area contributed by atoms with Crippen LogP contribution in [0.3, 0.4) is 0 Å². The maximum absolute atomic E-state index is 13.3. The Bertz CT molecular complexity index is 1080. The van der Waals surface area contributed by atoms with Gasteiger partial charge in [-0.3, -0.25) is 4.79 Å². The summed E-state index contributed by atoms with van der Waals surface area (Å²) >= 11 is 0. The molecular weight excluding hydrogens is 378 g/mol. The highest BCUT2D eigenvalue weighted by atomic mass is 16.5. The SMILES string of the molecule is COc1cccc(NC(=O)[C@H]2[C@H]3CC[C@H](C3)[C@@H]2c2nc(-c3cccc(C)c3)no2)c1. The molecule has 0 saturated heterocycles. The van der Waals surface area contributed by atoms with Crippen molar-refractivity contribution in [2.45, 2.75) is 32.1 Å². The number of amides is 1. The number of benzene rings is 2. The Morgan fingerprint density at radius 1 is 1.13 bits per heavy atom. The van der Waals surface area contributed by atoms with Gasteiger partial charge in [-0.05, 0) is 56.2 Å². The zero-order valence-corrected chi connectivity index (χ0v) is 17.2. The van der Waals surface area contributed by atoms with Crippen LogP contribution in [-0.2, 0) is 4.79 Å². The highest BCUT2D eigenvalue weighted by molar-refractivity contribution is 5.94. The minimum absolute atomic E-state index is 0.0239. The van der Waals surface area contributed by atoms with Gasteiger partial charge in [0, 0.05) is 17.3 Å². The number of carbonyl (C=O) groups is 1. The first kappa shape index (κ1) is 18.9. The number of aryl methyl sites for hydroxylation is 1. The van der Waals surface area contributed by atoms with Gasteiger partial charge in [0.05, 0.1) is 18.9 Å². The number of anilines is 1. The monoisotopic (exact) mass is 403 g/mol. The molecule has 1 amide bonds. The number of hydrogen-bond acceptors (Lipinski definition) is 5. The topological polar surface area (TPSA) is 77.2 Å². The van der Waals surface area contributed by atoms with Crippen molar-refractivity contribution in [3.05, 3.63) is 60.0 Å². The molecule has 0 aliphatic heterocycles. The van der Waals surface area contributed by atoms with Crippen LogP contribution in [0.15, 0.2) is 53.1 Å². The molecule has 6 nitrogen and oxygen atoms in total. The molecule has 0 radical (unpaired) electrons. The van der Waals surface area contributed by atoms with E-state index in [1.165, 1.54) is 0 Å². The molecule has 1 heterocycles. The lowest BCUT2D eigenvalue weighted by molar-refractivity contribution is -0.122. The van der Waals surface area contributed by atoms with Gasteiger partial charge in [0.25, 0.3) is 0 Å². The van der Waals surface area contributed by atoms with Crippen LogP contribution >= 0.6 is 0 Å². The van der Waals surface area contributed by atoms with E-state index in [-0.39, 0.29) is 17.7 Å². The van der Waals surface area contributed by atoms with Crippen LogP contribution in [0.2, 0.25) is 0 Å². The van der Waals surface area contributed by atoms with Gasteiger partial charge in [-0.15, -0.1) is 0 Å². The Balaban J connectivity index is 1.41. The van der Waals surface area contributed by atoms with Gasteiger partial charge >= 0.3 is 0 Å². The van der Waals surface area contributed by atoms with Gasteiger partial charge in [0.2, 0.25) is 17.6 Å². The summed E-state index contributed by atoms with van der Waals surface area (Å²) in [6.07, 6.45) is 3.24. The molecule has 2 aromatic carbocycles. The fourth-order valence-electron chi connectivity index (χ4n) is 5.22. The molecule has 6 heteroatoms. The zero-order valence-electron chi connectivity index (χ0n) is 17.2. The first-order valence-corrected chi connectivity index (χ1v) is 10.5.